The van der Waals surface area contributed by atoms with E-state index in [2.05, 4.69) is 0 Å². The zero-order valence-electron chi connectivity index (χ0n) is 8.56. The van der Waals surface area contributed by atoms with Crippen LogP contribution in [0.25, 0.3) is 0 Å². The summed E-state index contributed by atoms with van der Waals surface area (Å²) in [5, 5.41) is 8.21. The van der Waals surface area contributed by atoms with E-state index in [1.165, 1.54) is 0 Å². The summed E-state index contributed by atoms with van der Waals surface area (Å²) in [6, 6.07) is 0.252. The van der Waals surface area contributed by atoms with Gasteiger partial charge in [-0.05, 0) is 18.6 Å². The van der Waals surface area contributed by atoms with Gasteiger partial charge in [-0.2, -0.15) is 13.2 Å². The van der Waals surface area contributed by atoms with Crippen LogP contribution in [0.4, 0.5) is 17.6 Å². The number of aliphatic hydroxyl groups excluding tert-OH is 1. The summed E-state index contributed by atoms with van der Waals surface area (Å²) < 4.78 is 51.5. The zero-order chi connectivity index (χ0) is 13.2. The molecule has 0 spiro atoms. The third-order valence-electron chi connectivity index (χ3n) is 2.25. The third-order valence-corrected chi connectivity index (χ3v) is 2.54. The molecule has 0 bridgehead atoms. The molecule has 1 aromatic carbocycles. The molecule has 0 heterocycles. The van der Waals surface area contributed by atoms with Gasteiger partial charge in [-0.1, -0.05) is 11.6 Å². The van der Waals surface area contributed by atoms with Gasteiger partial charge in [0.15, 0.2) is 0 Å². The van der Waals surface area contributed by atoms with Crippen LogP contribution in [0.3, 0.4) is 0 Å². The molecular weight excluding hydrogens is 262 g/mol. The molecule has 0 aromatic heterocycles. The number of halogens is 5. The van der Waals surface area contributed by atoms with E-state index < -0.39 is 40.8 Å². The molecule has 7 heteroatoms. The molecule has 17 heavy (non-hydrogen) atoms. The predicted molar refractivity (Wildman–Crippen MR) is 55.0 cm³/mol. The van der Waals surface area contributed by atoms with Gasteiger partial charge in [0, 0.05) is 18.2 Å². The first-order chi connectivity index (χ1) is 7.79. The molecule has 0 saturated heterocycles. The Morgan fingerprint density at radius 1 is 1.35 bits per heavy atom. The zero-order valence-corrected chi connectivity index (χ0v) is 9.32. The summed E-state index contributed by atoms with van der Waals surface area (Å²) >= 11 is 5.42. The van der Waals surface area contributed by atoms with E-state index in [9.17, 15) is 17.6 Å². The average molecular weight is 272 g/mol. The highest BCUT2D eigenvalue weighted by atomic mass is 35.5. The normalized spacial score (nSPS) is 13.8. The minimum Gasteiger partial charge on any atom is -0.396 e. The van der Waals surface area contributed by atoms with Crippen LogP contribution in [0, 0.1) is 5.82 Å². The Hall–Kier alpha value is -0.850. The van der Waals surface area contributed by atoms with Gasteiger partial charge in [0.25, 0.3) is 0 Å². The van der Waals surface area contributed by atoms with Crippen LogP contribution in [0.2, 0.25) is 5.02 Å². The lowest BCUT2D eigenvalue weighted by Crippen LogP contribution is -2.20. The standard InChI is InChI=1S/C10H10ClF4NO/c11-6-2-1-5(10(13,14)15)8(9(6)12)7(16)3-4-17/h1-2,7,17H,3-4,16H2/t7-/m1/s1. The quantitative estimate of drug-likeness (QED) is 0.831. The number of aliphatic hydroxyl groups is 1. The number of alkyl halides is 3. The number of hydrogen-bond donors (Lipinski definition) is 2. The number of benzene rings is 1. The van der Waals surface area contributed by atoms with Crippen molar-refractivity contribution in [3.63, 3.8) is 0 Å². The minimum atomic E-state index is -4.71. The molecule has 0 aliphatic rings. The van der Waals surface area contributed by atoms with Gasteiger partial charge in [0.2, 0.25) is 0 Å². The predicted octanol–water partition coefficient (Wildman–Crippen LogP) is 2.88. The Morgan fingerprint density at radius 2 is 1.94 bits per heavy atom. The smallest absolute Gasteiger partial charge is 0.396 e. The van der Waals surface area contributed by atoms with Crippen molar-refractivity contribution in [2.24, 2.45) is 5.73 Å². The van der Waals surface area contributed by atoms with Crippen LogP contribution in [-0.4, -0.2) is 11.7 Å². The topological polar surface area (TPSA) is 46.2 Å². The van der Waals surface area contributed by atoms with Gasteiger partial charge in [0.05, 0.1) is 10.6 Å². The summed E-state index contributed by atoms with van der Waals surface area (Å²) in [6.07, 6.45) is -4.89. The Balaban J connectivity index is 3.36. The lowest BCUT2D eigenvalue weighted by molar-refractivity contribution is -0.138. The van der Waals surface area contributed by atoms with E-state index in [1.54, 1.807) is 0 Å². The van der Waals surface area contributed by atoms with E-state index in [0.29, 0.717) is 6.07 Å². The third kappa shape index (κ3) is 3.08. The number of hydrogen-bond acceptors (Lipinski definition) is 2. The van der Waals surface area contributed by atoms with Gasteiger partial charge in [-0.3, -0.25) is 0 Å². The summed E-state index contributed by atoms with van der Waals surface area (Å²) in [5.74, 6) is -1.19. The SMILES string of the molecule is N[C@H](CCO)c1c(C(F)(F)F)ccc(Cl)c1F. The van der Waals surface area contributed by atoms with Crippen molar-refractivity contribution in [1.29, 1.82) is 0 Å². The first-order valence-electron chi connectivity index (χ1n) is 4.70. The van der Waals surface area contributed by atoms with Gasteiger partial charge in [-0.25, -0.2) is 4.39 Å². The molecule has 0 radical (unpaired) electrons. The maximum absolute atomic E-state index is 13.6. The van der Waals surface area contributed by atoms with Crippen LogP contribution in [0.15, 0.2) is 12.1 Å². The molecule has 2 nitrogen and oxygen atoms in total. The maximum atomic E-state index is 13.6. The van der Waals surface area contributed by atoms with E-state index in [-0.39, 0.29) is 6.42 Å². The van der Waals surface area contributed by atoms with E-state index in [4.69, 9.17) is 22.4 Å². The molecule has 1 aromatic rings. The lowest BCUT2D eigenvalue weighted by atomic mass is 9.97. The summed E-state index contributed by atoms with van der Waals surface area (Å²) in [4.78, 5) is 0. The first-order valence-corrected chi connectivity index (χ1v) is 5.08. The lowest BCUT2D eigenvalue weighted by Gasteiger charge is -2.19. The van der Waals surface area contributed by atoms with Gasteiger partial charge >= 0.3 is 6.18 Å². The molecule has 0 aliphatic heterocycles. The number of nitrogens with two attached hydrogens (primary N) is 1. The van der Waals surface area contributed by atoms with Crippen molar-refractivity contribution in [2.45, 2.75) is 18.6 Å². The van der Waals surface area contributed by atoms with Gasteiger partial charge in [-0.15, -0.1) is 0 Å². The molecular formula is C10H10ClF4NO. The largest absolute Gasteiger partial charge is 0.416 e. The van der Waals surface area contributed by atoms with Crippen molar-refractivity contribution in [1.82, 2.24) is 0 Å². The first kappa shape index (κ1) is 14.2. The fourth-order valence-electron chi connectivity index (χ4n) is 1.46. The highest BCUT2D eigenvalue weighted by Crippen LogP contribution is 2.38. The minimum absolute atomic E-state index is 0.180. The van der Waals surface area contributed by atoms with Crippen LogP contribution >= 0.6 is 11.6 Å². The van der Waals surface area contributed by atoms with Crippen molar-refractivity contribution in [2.75, 3.05) is 6.61 Å². The summed E-state index contributed by atoms with van der Waals surface area (Å²) in [6.45, 7) is -0.440. The second-order valence-corrected chi connectivity index (χ2v) is 3.85. The molecule has 3 N–H and O–H groups in total. The fraction of sp³-hybridized carbons (Fsp3) is 0.400. The average Bonchev–Trinajstić information content (AvgIpc) is 2.20. The maximum Gasteiger partial charge on any atom is 0.416 e. The highest BCUT2D eigenvalue weighted by Gasteiger charge is 2.36. The van der Waals surface area contributed by atoms with Gasteiger partial charge in [0.1, 0.15) is 5.82 Å². The highest BCUT2D eigenvalue weighted by molar-refractivity contribution is 6.30. The van der Waals surface area contributed by atoms with Crippen molar-refractivity contribution in [3.05, 3.63) is 34.1 Å². The molecule has 0 saturated carbocycles. The molecule has 96 valence electrons. The van der Waals surface area contributed by atoms with Crippen molar-refractivity contribution in [3.8, 4) is 0 Å². The van der Waals surface area contributed by atoms with E-state index in [1.807, 2.05) is 0 Å². The molecule has 0 aliphatic carbocycles. The van der Waals surface area contributed by atoms with Crippen LogP contribution in [-0.2, 0) is 6.18 Å². The van der Waals surface area contributed by atoms with Crippen LogP contribution < -0.4 is 5.73 Å². The van der Waals surface area contributed by atoms with Crippen molar-refractivity contribution >= 4 is 11.6 Å². The monoisotopic (exact) mass is 271 g/mol. The summed E-state index contributed by atoms with van der Waals surface area (Å²) in [5.41, 5.74) is 3.54. The Morgan fingerprint density at radius 3 is 2.41 bits per heavy atom. The van der Waals surface area contributed by atoms with Crippen LogP contribution in [0.5, 0.6) is 0 Å². The van der Waals surface area contributed by atoms with E-state index >= 15 is 0 Å². The Labute approximate surface area is 100.0 Å². The molecule has 0 fully saturated rings. The summed E-state index contributed by atoms with van der Waals surface area (Å²) in [7, 11) is 0. The Bertz CT molecular complexity index is 408. The molecule has 1 rings (SSSR count). The Kier molecular flexibility index (Phi) is 4.35. The molecule has 1 atom stereocenters. The molecule has 0 unspecified atom stereocenters. The number of rotatable bonds is 3. The molecule has 0 amide bonds. The fourth-order valence-corrected chi connectivity index (χ4v) is 1.62. The second kappa shape index (κ2) is 5.20. The van der Waals surface area contributed by atoms with Crippen LogP contribution in [0.1, 0.15) is 23.6 Å². The second-order valence-electron chi connectivity index (χ2n) is 3.44. The van der Waals surface area contributed by atoms with E-state index in [0.717, 1.165) is 6.07 Å². The van der Waals surface area contributed by atoms with Gasteiger partial charge < -0.3 is 10.8 Å². The van der Waals surface area contributed by atoms with Crippen molar-refractivity contribution < 1.29 is 22.7 Å².